The van der Waals surface area contributed by atoms with Gasteiger partial charge in [-0.25, -0.2) is 4.79 Å². The van der Waals surface area contributed by atoms with Crippen molar-refractivity contribution in [2.45, 2.75) is 6.18 Å². The number of anilines is 4. The highest BCUT2D eigenvalue weighted by atomic mass is 19.4. The number of carboxylic acids is 1. The second-order valence-electron chi connectivity index (χ2n) is 6.49. The quantitative estimate of drug-likeness (QED) is 0.522. The summed E-state index contributed by atoms with van der Waals surface area (Å²) >= 11 is 0. The number of hydrogen-bond acceptors (Lipinski definition) is 4. The molecule has 2 N–H and O–H groups in total. The van der Waals surface area contributed by atoms with E-state index in [4.69, 9.17) is 4.74 Å². The maximum Gasteiger partial charge on any atom is 0.416 e. The van der Waals surface area contributed by atoms with Gasteiger partial charge in [0.25, 0.3) is 0 Å². The lowest BCUT2D eigenvalue weighted by Gasteiger charge is -2.21. The second-order valence-corrected chi connectivity index (χ2v) is 6.49. The Morgan fingerprint density at radius 2 is 1.53 bits per heavy atom. The monoisotopic (exact) mass is 416 g/mol. The molecule has 5 nitrogen and oxygen atoms in total. The van der Waals surface area contributed by atoms with E-state index in [1.807, 2.05) is 0 Å². The van der Waals surface area contributed by atoms with Gasteiger partial charge >= 0.3 is 12.1 Å². The van der Waals surface area contributed by atoms with Crippen molar-refractivity contribution in [1.29, 1.82) is 0 Å². The van der Waals surface area contributed by atoms with E-state index >= 15 is 0 Å². The Morgan fingerprint density at radius 1 is 0.967 bits per heavy atom. The maximum absolute atomic E-state index is 12.7. The van der Waals surface area contributed by atoms with Gasteiger partial charge in [-0.05, 0) is 66.7 Å². The molecule has 0 spiro atoms. The first-order valence-corrected chi connectivity index (χ1v) is 8.88. The number of hydrogen-bond donors (Lipinski definition) is 2. The molecule has 3 aromatic carbocycles. The first-order chi connectivity index (χ1) is 14.2. The highest BCUT2D eigenvalue weighted by molar-refractivity contribution is 5.95. The molecule has 0 amide bonds. The van der Waals surface area contributed by atoms with Crippen LogP contribution in [0.5, 0.6) is 5.75 Å². The molecule has 0 aromatic heterocycles. The van der Waals surface area contributed by atoms with Crippen LogP contribution in [0.25, 0.3) is 0 Å². The van der Waals surface area contributed by atoms with E-state index in [0.717, 1.165) is 17.8 Å². The topological polar surface area (TPSA) is 61.8 Å². The molecule has 0 unspecified atom stereocenters. The van der Waals surface area contributed by atoms with Crippen molar-refractivity contribution in [2.75, 3.05) is 24.4 Å². The largest absolute Gasteiger partial charge is 0.497 e. The van der Waals surface area contributed by atoms with Gasteiger partial charge in [-0.15, -0.1) is 0 Å². The molecule has 3 rings (SSSR count). The lowest BCUT2D eigenvalue weighted by atomic mass is 10.1. The maximum atomic E-state index is 12.7. The van der Waals surface area contributed by atoms with E-state index in [0.29, 0.717) is 22.8 Å². The van der Waals surface area contributed by atoms with Gasteiger partial charge < -0.3 is 20.1 Å². The minimum atomic E-state index is -4.37. The number of methoxy groups -OCH3 is 1. The van der Waals surface area contributed by atoms with Gasteiger partial charge in [0.2, 0.25) is 0 Å². The zero-order valence-electron chi connectivity index (χ0n) is 16.2. The lowest BCUT2D eigenvalue weighted by Crippen LogP contribution is -2.10. The van der Waals surface area contributed by atoms with E-state index in [-0.39, 0.29) is 5.56 Å². The smallest absolute Gasteiger partial charge is 0.416 e. The van der Waals surface area contributed by atoms with Crippen LogP contribution < -0.4 is 15.0 Å². The third-order valence-electron chi connectivity index (χ3n) is 4.57. The number of nitrogens with zero attached hydrogens (tertiary/aromatic N) is 1. The number of benzene rings is 3. The number of nitrogens with one attached hydrogen (secondary N) is 1. The molecule has 0 fully saturated rings. The highest BCUT2D eigenvalue weighted by Gasteiger charge is 2.30. The Labute approximate surface area is 171 Å². The van der Waals surface area contributed by atoms with E-state index in [9.17, 15) is 23.1 Å². The third kappa shape index (κ3) is 4.65. The number of carbonyl (C=O) groups is 1. The Balaban J connectivity index is 1.77. The fourth-order valence-corrected chi connectivity index (χ4v) is 2.88. The molecule has 0 radical (unpaired) electrons. The first kappa shape index (κ1) is 21.0. The summed E-state index contributed by atoms with van der Waals surface area (Å²) in [5, 5.41) is 12.5. The zero-order chi connectivity index (χ0) is 21.9. The molecule has 0 heterocycles. The van der Waals surface area contributed by atoms with Crippen LogP contribution in [-0.2, 0) is 6.18 Å². The van der Waals surface area contributed by atoms with Crippen LogP contribution >= 0.6 is 0 Å². The summed E-state index contributed by atoms with van der Waals surface area (Å²) in [5.74, 6) is -0.651. The van der Waals surface area contributed by atoms with Crippen LogP contribution in [0, 0.1) is 0 Å². The van der Waals surface area contributed by atoms with Crippen LogP contribution in [0.1, 0.15) is 15.9 Å². The molecule has 0 saturated heterocycles. The Morgan fingerprint density at radius 3 is 2.03 bits per heavy atom. The normalized spacial score (nSPS) is 11.1. The fraction of sp³-hybridized carbons (Fsp3) is 0.136. The number of ether oxygens (including phenoxy) is 1. The van der Waals surface area contributed by atoms with Crippen molar-refractivity contribution in [3.8, 4) is 5.75 Å². The first-order valence-electron chi connectivity index (χ1n) is 8.88. The minimum Gasteiger partial charge on any atom is -0.497 e. The number of rotatable bonds is 6. The van der Waals surface area contributed by atoms with Crippen molar-refractivity contribution < 1.29 is 27.8 Å². The van der Waals surface area contributed by atoms with Crippen LogP contribution in [0.15, 0.2) is 66.7 Å². The van der Waals surface area contributed by atoms with Gasteiger partial charge in [-0.2, -0.15) is 13.2 Å². The molecule has 30 heavy (non-hydrogen) atoms. The van der Waals surface area contributed by atoms with E-state index in [2.05, 4.69) is 5.32 Å². The van der Waals surface area contributed by atoms with Crippen LogP contribution in [0.3, 0.4) is 0 Å². The zero-order valence-corrected chi connectivity index (χ0v) is 16.2. The SMILES string of the molecule is COc1ccc(Nc2ccc(N(C)c3ccc(C(F)(F)F)cc3)cc2)c(C(=O)O)c1. The van der Waals surface area contributed by atoms with Gasteiger partial charge in [0.1, 0.15) is 5.75 Å². The molecule has 0 aliphatic heterocycles. The van der Waals surface area contributed by atoms with E-state index < -0.39 is 17.7 Å². The Kier molecular flexibility index (Phi) is 5.86. The van der Waals surface area contributed by atoms with E-state index in [1.54, 1.807) is 48.3 Å². The molecular weight excluding hydrogens is 397 g/mol. The van der Waals surface area contributed by atoms with Gasteiger partial charge in [-0.3, -0.25) is 0 Å². The number of carboxylic acid groups (broad SMARTS) is 1. The van der Waals surface area contributed by atoms with Crippen LogP contribution in [0.2, 0.25) is 0 Å². The lowest BCUT2D eigenvalue weighted by molar-refractivity contribution is -0.137. The predicted octanol–water partition coefficient (Wildman–Crippen LogP) is 5.92. The van der Waals surface area contributed by atoms with Crippen LogP contribution in [-0.4, -0.2) is 25.2 Å². The van der Waals surface area contributed by atoms with Gasteiger partial charge in [-0.1, -0.05) is 0 Å². The summed E-state index contributed by atoms with van der Waals surface area (Å²) in [4.78, 5) is 13.2. The second kappa shape index (κ2) is 8.36. The third-order valence-corrected chi connectivity index (χ3v) is 4.57. The summed E-state index contributed by atoms with van der Waals surface area (Å²) in [6.07, 6.45) is -4.37. The Hall–Kier alpha value is -3.68. The van der Waals surface area contributed by atoms with Gasteiger partial charge in [0, 0.05) is 24.1 Å². The van der Waals surface area contributed by atoms with Crippen LogP contribution in [0.4, 0.5) is 35.9 Å². The predicted molar refractivity (Wildman–Crippen MR) is 109 cm³/mol. The van der Waals surface area contributed by atoms with Crippen molar-refractivity contribution >= 4 is 28.7 Å². The molecule has 0 aliphatic rings. The van der Waals surface area contributed by atoms with Crippen molar-refractivity contribution in [3.05, 3.63) is 77.9 Å². The number of aromatic carboxylic acids is 1. The van der Waals surface area contributed by atoms with Crippen molar-refractivity contribution in [2.24, 2.45) is 0 Å². The Bertz CT molecular complexity index is 1030. The summed E-state index contributed by atoms with van der Waals surface area (Å²) in [6, 6.07) is 16.7. The summed E-state index contributed by atoms with van der Waals surface area (Å²) in [7, 11) is 3.21. The summed E-state index contributed by atoms with van der Waals surface area (Å²) in [6.45, 7) is 0. The molecule has 0 saturated carbocycles. The molecular formula is C22H19F3N2O3. The standard InChI is InChI=1S/C22H19F3N2O3/c1-27(16-7-3-14(4-8-16)22(23,24)25)17-9-5-15(6-10-17)26-20-12-11-18(30-2)13-19(20)21(28)29/h3-13,26H,1-2H3,(H,28,29). The average Bonchev–Trinajstić information content (AvgIpc) is 2.73. The van der Waals surface area contributed by atoms with Crippen molar-refractivity contribution in [3.63, 3.8) is 0 Å². The molecule has 0 aliphatic carbocycles. The molecule has 0 atom stereocenters. The fourth-order valence-electron chi connectivity index (χ4n) is 2.88. The van der Waals surface area contributed by atoms with Gasteiger partial charge in [0.05, 0.1) is 23.9 Å². The number of alkyl halides is 3. The van der Waals surface area contributed by atoms with E-state index in [1.165, 1.54) is 25.3 Å². The molecule has 0 bridgehead atoms. The number of halogens is 3. The molecule has 8 heteroatoms. The summed E-state index contributed by atoms with van der Waals surface area (Å²) < 4.78 is 43.2. The molecule has 3 aromatic rings. The highest BCUT2D eigenvalue weighted by Crippen LogP contribution is 2.32. The molecule has 156 valence electrons. The van der Waals surface area contributed by atoms with Gasteiger partial charge in [0.15, 0.2) is 0 Å². The average molecular weight is 416 g/mol. The summed E-state index contributed by atoms with van der Waals surface area (Å²) in [5.41, 5.74) is 1.80. The van der Waals surface area contributed by atoms with Crippen molar-refractivity contribution in [1.82, 2.24) is 0 Å². The minimum absolute atomic E-state index is 0.0697.